The van der Waals surface area contributed by atoms with Crippen molar-refractivity contribution in [3.05, 3.63) is 16.1 Å². The summed E-state index contributed by atoms with van der Waals surface area (Å²) >= 11 is 1.59. The Morgan fingerprint density at radius 2 is 1.95 bits per heavy atom. The van der Waals surface area contributed by atoms with Gasteiger partial charge >= 0.3 is 0 Å². The summed E-state index contributed by atoms with van der Waals surface area (Å²) < 4.78 is 0. The third-order valence-electron chi connectivity index (χ3n) is 4.68. The monoisotopic (exact) mass is 307 g/mol. The van der Waals surface area contributed by atoms with Gasteiger partial charge in [0.15, 0.2) is 0 Å². The maximum Gasteiger partial charge on any atom is 0.273 e. The SMILES string of the molecule is CN(C(=O)c1csc(C(C)(C)C)n1)C1CC2CCC(C1)N2. The van der Waals surface area contributed by atoms with Crippen LogP contribution < -0.4 is 5.32 Å². The second kappa shape index (κ2) is 5.36. The molecular weight excluding hydrogens is 282 g/mol. The first-order valence-electron chi connectivity index (χ1n) is 7.84. The van der Waals surface area contributed by atoms with E-state index in [0.29, 0.717) is 23.8 Å². The van der Waals surface area contributed by atoms with Crippen LogP contribution in [0.15, 0.2) is 5.38 Å². The summed E-state index contributed by atoms with van der Waals surface area (Å²) in [5, 5.41) is 6.57. The Morgan fingerprint density at radius 1 is 1.33 bits per heavy atom. The standard InChI is InChI=1S/C16H25N3OS/c1-16(2,3)15-18-13(9-21-15)14(20)19(4)12-7-10-5-6-11(8-12)17-10/h9-12,17H,5-8H2,1-4H3. The van der Waals surface area contributed by atoms with E-state index in [0.717, 1.165) is 17.8 Å². The van der Waals surface area contributed by atoms with Crippen LogP contribution in [-0.4, -0.2) is 41.0 Å². The van der Waals surface area contributed by atoms with Crippen LogP contribution in [-0.2, 0) is 5.41 Å². The molecule has 1 amide bonds. The molecule has 1 aromatic heterocycles. The molecule has 2 bridgehead atoms. The van der Waals surface area contributed by atoms with Gasteiger partial charge in [-0.25, -0.2) is 4.98 Å². The average Bonchev–Trinajstić information content (AvgIpc) is 3.03. The van der Waals surface area contributed by atoms with Crippen LogP contribution in [0.5, 0.6) is 0 Å². The van der Waals surface area contributed by atoms with E-state index < -0.39 is 0 Å². The van der Waals surface area contributed by atoms with Crippen LogP contribution in [0.3, 0.4) is 0 Å². The lowest BCUT2D eigenvalue weighted by Crippen LogP contribution is -2.48. The second-order valence-corrected chi connectivity index (χ2v) is 8.33. The van der Waals surface area contributed by atoms with Crippen molar-refractivity contribution in [1.29, 1.82) is 0 Å². The smallest absolute Gasteiger partial charge is 0.273 e. The highest BCUT2D eigenvalue weighted by Gasteiger charge is 2.37. The van der Waals surface area contributed by atoms with Gasteiger partial charge in [-0.1, -0.05) is 20.8 Å². The van der Waals surface area contributed by atoms with Crippen LogP contribution in [0.1, 0.15) is 62.0 Å². The van der Waals surface area contributed by atoms with Gasteiger partial charge in [-0.2, -0.15) is 0 Å². The van der Waals surface area contributed by atoms with Crippen LogP contribution in [0.25, 0.3) is 0 Å². The summed E-state index contributed by atoms with van der Waals surface area (Å²) in [6, 6.07) is 1.56. The highest BCUT2D eigenvalue weighted by molar-refractivity contribution is 7.10. The van der Waals surface area contributed by atoms with Gasteiger partial charge < -0.3 is 10.2 Å². The fourth-order valence-electron chi connectivity index (χ4n) is 3.41. The first kappa shape index (κ1) is 15.0. The molecule has 2 aliphatic heterocycles. The van der Waals surface area contributed by atoms with Gasteiger partial charge in [0.25, 0.3) is 5.91 Å². The van der Waals surface area contributed by atoms with Gasteiger partial charge in [-0.15, -0.1) is 11.3 Å². The number of carbonyl (C=O) groups excluding carboxylic acids is 1. The average molecular weight is 307 g/mol. The van der Waals surface area contributed by atoms with Crippen LogP contribution in [0.4, 0.5) is 0 Å². The Labute approximate surface area is 130 Å². The molecule has 2 unspecified atom stereocenters. The Kier molecular flexibility index (Phi) is 3.82. The number of hydrogen-bond acceptors (Lipinski definition) is 4. The quantitative estimate of drug-likeness (QED) is 0.914. The molecule has 116 valence electrons. The molecule has 2 aliphatic rings. The first-order valence-corrected chi connectivity index (χ1v) is 8.72. The maximum atomic E-state index is 12.7. The minimum Gasteiger partial charge on any atom is -0.337 e. The largest absolute Gasteiger partial charge is 0.337 e. The number of nitrogens with one attached hydrogen (secondary N) is 1. The lowest BCUT2D eigenvalue weighted by atomic mass is 9.98. The number of hydrogen-bond donors (Lipinski definition) is 1. The zero-order valence-corrected chi connectivity index (χ0v) is 14.2. The molecule has 0 spiro atoms. The second-order valence-electron chi connectivity index (χ2n) is 7.47. The lowest BCUT2D eigenvalue weighted by Gasteiger charge is -2.35. The molecule has 2 fully saturated rings. The summed E-state index contributed by atoms with van der Waals surface area (Å²) in [5.74, 6) is 0.0769. The number of amides is 1. The number of piperidine rings is 1. The number of fused-ring (bicyclic) bond motifs is 2. The molecule has 5 heteroatoms. The summed E-state index contributed by atoms with van der Waals surface area (Å²) in [6.45, 7) is 6.40. The summed E-state index contributed by atoms with van der Waals surface area (Å²) in [6.07, 6.45) is 4.67. The van der Waals surface area contributed by atoms with Gasteiger partial charge in [0, 0.05) is 36.0 Å². The Hall–Kier alpha value is -0.940. The molecule has 1 aromatic rings. The van der Waals surface area contributed by atoms with E-state index in [4.69, 9.17) is 0 Å². The van der Waals surface area contributed by atoms with Crippen molar-refractivity contribution in [3.8, 4) is 0 Å². The summed E-state index contributed by atoms with van der Waals surface area (Å²) in [5.41, 5.74) is 0.619. The molecule has 0 radical (unpaired) electrons. The fourth-order valence-corrected chi connectivity index (χ4v) is 4.29. The van der Waals surface area contributed by atoms with E-state index in [9.17, 15) is 4.79 Å². The summed E-state index contributed by atoms with van der Waals surface area (Å²) in [7, 11) is 1.94. The Balaban J connectivity index is 1.71. The van der Waals surface area contributed by atoms with Crippen molar-refractivity contribution < 1.29 is 4.79 Å². The predicted octanol–water partition coefficient (Wildman–Crippen LogP) is 2.80. The topological polar surface area (TPSA) is 45.2 Å². The number of carbonyl (C=O) groups is 1. The molecule has 3 heterocycles. The number of aromatic nitrogens is 1. The molecule has 2 atom stereocenters. The van der Waals surface area contributed by atoms with Gasteiger partial charge in [0.05, 0.1) is 5.01 Å². The van der Waals surface area contributed by atoms with Gasteiger partial charge in [-0.3, -0.25) is 4.79 Å². The third kappa shape index (κ3) is 2.99. The Bertz CT molecular complexity index is 522. The van der Waals surface area contributed by atoms with Crippen LogP contribution in [0, 0.1) is 0 Å². The molecule has 3 rings (SSSR count). The molecule has 0 aromatic carbocycles. The van der Waals surface area contributed by atoms with Crippen molar-refractivity contribution in [2.24, 2.45) is 0 Å². The molecule has 0 saturated carbocycles. The van der Waals surface area contributed by atoms with E-state index >= 15 is 0 Å². The highest BCUT2D eigenvalue weighted by atomic mass is 32.1. The number of nitrogens with zero attached hydrogens (tertiary/aromatic N) is 2. The first-order chi connectivity index (χ1) is 9.84. The van der Waals surface area contributed by atoms with E-state index in [-0.39, 0.29) is 11.3 Å². The van der Waals surface area contributed by atoms with Gasteiger partial charge in [0.1, 0.15) is 5.69 Å². The fraction of sp³-hybridized carbons (Fsp3) is 0.750. The van der Waals surface area contributed by atoms with Crippen molar-refractivity contribution in [1.82, 2.24) is 15.2 Å². The molecule has 2 saturated heterocycles. The van der Waals surface area contributed by atoms with Gasteiger partial charge in [-0.05, 0) is 25.7 Å². The molecular formula is C16H25N3OS. The number of rotatable bonds is 2. The van der Waals surface area contributed by atoms with Crippen molar-refractivity contribution >= 4 is 17.2 Å². The molecule has 4 nitrogen and oxygen atoms in total. The van der Waals surface area contributed by atoms with E-state index in [1.165, 1.54) is 12.8 Å². The lowest BCUT2D eigenvalue weighted by molar-refractivity contribution is 0.0676. The van der Waals surface area contributed by atoms with Crippen LogP contribution in [0.2, 0.25) is 0 Å². The minimum atomic E-state index is 0.00956. The van der Waals surface area contributed by atoms with Crippen molar-refractivity contribution in [2.75, 3.05) is 7.05 Å². The minimum absolute atomic E-state index is 0.00956. The Morgan fingerprint density at radius 3 is 2.48 bits per heavy atom. The van der Waals surface area contributed by atoms with Crippen molar-refractivity contribution in [2.45, 2.75) is 70.0 Å². The predicted molar refractivity (Wildman–Crippen MR) is 85.9 cm³/mol. The van der Waals surface area contributed by atoms with Crippen LogP contribution >= 0.6 is 11.3 Å². The maximum absolute atomic E-state index is 12.7. The zero-order chi connectivity index (χ0) is 15.2. The third-order valence-corrected chi connectivity index (χ3v) is 5.95. The summed E-state index contributed by atoms with van der Waals surface area (Å²) in [4.78, 5) is 19.2. The van der Waals surface area contributed by atoms with Crippen molar-refractivity contribution in [3.63, 3.8) is 0 Å². The van der Waals surface area contributed by atoms with Gasteiger partial charge in [0.2, 0.25) is 0 Å². The van der Waals surface area contributed by atoms with E-state index in [1.54, 1.807) is 11.3 Å². The van der Waals surface area contributed by atoms with E-state index in [2.05, 4.69) is 31.1 Å². The molecule has 0 aliphatic carbocycles. The number of thiazole rings is 1. The highest BCUT2D eigenvalue weighted by Crippen LogP contribution is 2.30. The zero-order valence-electron chi connectivity index (χ0n) is 13.3. The normalized spacial score (nSPS) is 28.7. The molecule has 1 N–H and O–H groups in total. The van der Waals surface area contributed by atoms with E-state index in [1.807, 2.05) is 17.3 Å². The molecule has 21 heavy (non-hydrogen) atoms.